The lowest BCUT2D eigenvalue weighted by atomic mass is 10.1. The van der Waals surface area contributed by atoms with Gasteiger partial charge in [-0.2, -0.15) is 0 Å². The highest BCUT2D eigenvalue weighted by Gasteiger charge is 2.12. The van der Waals surface area contributed by atoms with E-state index in [1.54, 1.807) is 25.3 Å². The maximum atomic E-state index is 11.0. The number of aromatic carboxylic acids is 1. The van der Waals surface area contributed by atoms with Crippen LogP contribution in [0.1, 0.15) is 30.6 Å². The van der Waals surface area contributed by atoms with Crippen LogP contribution in [-0.2, 0) is 0 Å². The molecule has 2 N–H and O–H groups in total. The molecule has 0 heterocycles. The van der Waals surface area contributed by atoms with Crippen LogP contribution in [0.15, 0.2) is 18.2 Å². The standard InChI is InChI=1S/C12H17NO3/c1-4-8(2)13-11-7-9(16-3)5-6-10(11)12(14)15/h5-8,13H,4H2,1-3H3,(H,14,15). The number of carboxylic acids is 1. The van der Waals surface area contributed by atoms with Gasteiger partial charge in [0, 0.05) is 12.1 Å². The first kappa shape index (κ1) is 12.4. The summed E-state index contributed by atoms with van der Waals surface area (Å²) in [5.74, 6) is -0.288. The van der Waals surface area contributed by atoms with E-state index in [1.807, 2.05) is 13.8 Å². The molecule has 1 atom stereocenters. The molecule has 4 heteroatoms. The largest absolute Gasteiger partial charge is 0.497 e. The fraction of sp³-hybridized carbons (Fsp3) is 0.417. The van der Waals surface area contributed by atoms with Crippen molar-refractivity contribution < 1.29 is 14.6 Å². The Balaban J connectivity index is 3.05. The van der Waals surface area contributed by atoms with E-state index in [0.717, 1.165) is 6.42 Å². The highest BCUT2D eigenvalue weighted by Crippen LogP contribution is 2.23. The molecular weight excluding hydrogens is 206 g/mol. The van der Waals surface area contributed by atoms with E-state index in [0.29, 0.717) is 11.4 Å². The van der Waals surface area contributed by atoms with Crippen molar-refractivity contribution in [3.05, 3.63) is 23.8 Å². The SMILES string of the molecule is CCC(C)Nc1cc(OC)ccc1C(=O)O. The van der Waals surface area contributed by atoms with Crippen LogP contribution in [0.4, 0.5) is 5.69 Å². The van der Waals surface area contributed by atoms with Crippen molar-refractivity contribution in [2.75, 3.05) is 12.4 Å². The zero-order valence-corrected chi connectivity index (χ0v) is 9.78. The molecule has 0 bridgehead atoms. The summed E-state index contributed by atoms with van der Waals surface area (Å²) >= 11 is 0. The molecular formula is C12H17NO3. The highest BCUT2D eigenvalue weighted by atomic mass is 16.5. The Morgan fingerprint density at radius 3 is 2.75 bits per heavy atom. The van der Waals surface area contributed by atoms with Crippen LogP contribution in [-0.4, -0.2) is 24.2 Å². The van der Waals surface area contributed by atoms with Gasteiger partial charge in [-0.1, -0.05) is 6.92 Å². The van der Waals surface area contributed by atoms with E-state index in [4.69, 9.17) is 9.84 Å². The number of carboxylic acid groups (broad SMARTS) is 1. The van der Waals surface area contributed by atoms with Gasteiger partial charge in [0.15, 0.2) is 0 Å². The third kappa shape index (κ3) is 2.89. The van der Waals surface area contributed by atoms with Crippen molar-refractivity contribution in [1.82, 2.24) is 0 Å². The molecule has 0 saturated heterocycles. The average molecular weight is 223 g/mol. The molecule has 0 saturated carbocycles. The summed E-state index contributed by atoms with van der Waals surface area (Å²) in [6, 6.07) is 5.12. The van der Waals surface area contributed by atoms with Crippen molar-refractivity contribution in [2.24, 2.45) is 0 Å². The van der Waals surface area contributed by atoms with E-state index in [1.165, 1.54) is 0 Å². The predicted octanol–water partition coefficient (Wildman–Crippen LogP) is 2.60. The number of ether oxygens (including phenoxy) is 1. The third-order valence-corrected chi connectivity index (χ3v) is 2.47. The number of rotatable bonds is 5. The number of nitrogens with one attached hydrogen (secondary N) is 1. The summed E-state index contributed by atoms with van der Waals surface area (Å²) in [7, 11) is 1.56. The quantitative estimate of drug-likeness (QED) is 0.805. The minimum atomic E-state index is -0.937. The van der Waals surface area contributed by atoms with Crippen LogP contribution in [0.25, 0.3) is 0 Å². The fourth-order valence-electron chi connectivity index (χ4n) is 1.32. The predicted molar refractivity (Wildman–Crippen MR) is 63.3 cm³/mol. The van der Waals surface area contributed by atoms with Gasteiger partial charge in [0.2, 0.25) is 0 Å². The molecule has 1 rings (SSSR count). The van der Waals surface area contributed by atoms with Crippen LogP contribution in [0.2, 0.25) is 0 Å². The molecule has 0 radical (unpaired) electrons. The number of carbonyl (C=O) groups is 1. The molecule has 4 nitrogen and oxygen atoms in total. The Bertz CT molecular complexity index is 377. The molecule has 0 amide bonds. The van der Waals surface area contributed by atoms with E-state index in [9.17, 15) is 4.79 Å². The lowest BCUT2D eigenvalue weighted by Gasteiger charge is -2.15. The molecule has 1 aromatic rings. The number of hydrogen-bond acceptors (Lipinski definition) is 3. The summed E-state index contributed by atoms with van der Waals surface area (Å²) in [5.41, 5.74) is 0.863. The molecule has 0 spiro atoms. The van der Waals surface area contributed by atoms with Gasteiger partial charge >= 0.3 is 5.97 Å². The summed E-state index contributed by atoms with van der Waals surface area (Å²) in [4.78, 5) is 11.0. The van der Waals surface area contributed by atoms with Crippen LogP contribution >= 0.6 is 0 Å². The van der Waals surface area contributed by atoms with E-state index < -0.39 is 5.97 Å². The maximum absolute atomic E-state index is 11.0. The van der Waals surface area contributed by atoms with Gasteiger partial charge in [0.25, 0.3) is 0 Å². The lowest BCUT2D eigenvalue weighted by molar-refractivity contribution is 0.0698. The Kier molecular flexibility index (Phi) is 4.17. The second kappa shape index (κ2) is 5.39. The first-order chi connectivity index (χ1) is 7.58. The van der Waals surface area contributed by atoms with Crippen LogP contribution < -0.4 is 10.1 Å². The Hall–Kier alpha value is -1.71. The van der Waals surface area contributed by atoms with Gasteiger partial charge < -0.3 is 15.2 Å². The first-order valence-electron chi connectivity index (χ1n) is 5.26. The van der Waals surface area contributed by atoms with Crippen LogP contribution in [0.3, 0.4) is 0 Å². The zero-order valence-electron chi connectivity index (χ0n) is 9.78. The van der Waals surface area contributed by atoms with Crippen LogP contribution in [0, 0.1) is 0 Å². The first-order valence-corrected chi connectivity index (χ1v) is 5.26. The van der Waals surface area contributed by atoms with E-state index in [2.05, 4.69) is 5.32 Å². The molecule has 0 fully saturated rings. The molecule has 0 aliphatic carbocycles. The molecule has 88 valence electrons. The second-order valence-electron chi connectivity index (χ2n) is 3.67. The third-order valence-electron chi connectivity index (χ3n) is 2.47. The number of hydrogen-bond donors (Lipinski definition) is 2. The van der Waals surface area contributed by atoms with Gasteiger partial charge in [0.1, 0.15) is 5.75 Å². The molecule has 0 aliphatic heterocycles. The number of anilines is 1. The van der Waals surface area contributed by atoms with Gasteiger partial charge in [0.05, 0.1) is 18.4 Å². The normalized spacial score (nSPS) is 11.9. The minimum absolute atomic E-state index is 0.227. The highest BCUT2D eigenvalue weighted by molar-refractivity contribution is 5.94. The lowest BCUT2D eigenvalue weighted by Crippen LogP contribution is -2.16. The Labute approximate surface area is 95.2 Å². The van der Waals surface area contributed by atoms with Crippen molar-refractivity contribution >= 4 is 11.7 Å². The molecule has 1 unspecified atom stereocenters. The summed E-state index contributed by atoms with van der Waals surface area (Å²) in [6.45, 7) is 4.05. The second-order valence-corrected chi connectivity index (χ2v) is 3.67. The number of benzene rings is 1. The van der Waals surface area contributed by atoms with Crippen LogP contribution in [0.5, 0.6) is 5.75 Å². The van der Waals surface area contributed by atoms with E-state index in [-0.39, 0.29) is 11.6 Å². The fourth-order valence-corrected chi connectivity index (χ4v) is 1.32. The molecule has 0 aliphatic rings. The molecule has 1 aromatic carbocycles. The van der Waals surface area contributed by atoms with Crippen molar-refractivity contribution in [3.63, 3.8) is 0 Å². The van der Waals surface area contributed by atoms with Gasteiger partial charge in [-0.3, -0.25) is 0 Å². The smallest absolute Gasteiger partial charge is 0.337 e. The summed E-state index contributed by atoms with van der Waals surface area (Å²) in [6.07, 6.45) is 0.927. The van der Waals surface area contributed by atoms with Gasteiger partial charge in [-0.25, -0.2) is 4.79 Å². The Morgan fingerprint density at radius 1 is 1.56 bits per heavy atom. The van der Waals surface area contributed by atoms with Gasteiger partial charge in [-0.15, -0.1) is 0 Å². The van der Waals surface area contributed by atoms with Crippen molar-refractivity contribution in [2.45, 2.75) is 26.3 Å². The maximum Gasteiger partial charge on any atom is 0.337 e. The zero-order chi connectivity index (χ0) is 12.1. The average Bonchev–Trinajstić information content (AvgIpc) is 2.28. The summed E-state index contributed by atoms with van der Waals surface area (Å²) < 4.78 is 5.07. The van der Waals surface area contributed by atoms with Crippen molar-refractivity contribution in [1.29, 1.82) is 0 Å². The minimum Gasteiger partial charge on any atom is -0.497 e. The topological polar surface area (TPSA) is 58.6 Å². The van der Waals surface area contributed by atoms with E-state index >= 15 is 0 Å². The number of methoxy groups -OCH3 is 1. The molecule has 0 aromatic heterocycles. The Morgan fingerprint density at radius 2 is 2.25 bits per heavy atom. The monoisotopic (exact) mass is 223 g/mol. The summed E-state index contributed by atoms with van der Waals surface area (Å²) in [5, 5.41) is 12.2. The molecule has 16 heavy (non-hydrogen) atoms. The van der Waals surface area contributed by atoms with Gasteiger partial charge in [-0.05, 0) is 25.5 Å². The van der Waals surface area contributed by atoms with Crippen molar-refractivity contribution in [3.8, 4) is 5.75 Å².